The minimum atomic E-state index is -0.741. The van der Waals surface area contributed by atoms with E-state index in [2.05, 4.69) is 31.3 Å². The number of hydrogen-bond acceptors (Lipinski definition) is 4. The molecule has 3 fully saturated rings. The Bertz CT molecular complexity index is 1020. The molecule has 0 aliphatic heterocycles. The van der Waals surface area contributed by atoms with Gasteiger partial charge in [0.1, 0.15) is 5.75 Å². The molecular weight excluding hydrogens is 422 g/mol. The number of unbranched alkanes of at least 4 members (excludes halogenated alkanes) is 1. The van der Waals surface area contributed by atoms with Gasteiger partial charge in [0, 0.05) is 27.9 Å². The average Bonchev–Trinajstić information content (AvgIpc) is 3.19. The lowest BCUT2D eigenvalue weighted by Crippen LogP contribution is -2.63. The van der Waals surface area contributed by atoms with Gasteiger partial charge in [0.25, 0.3) is 5.91 Å². The van der Waals surface area contributed by atoms with Crippen molar-refractivity contribution in [1.82, 2.24) is 5.32 Å². The maximum absolute atomic E-state index is 13.4. The third kappa shape index (κ3) is 4.42. The molecule has 1 aromatic carbocycles. The first-order valence-electron chi connectivity index (χ1n) is 11.5. The third-order valence-corrected chi connectivity index (χ3v) is 8.73. The lowest BCUT2D eigenvalue weighted by Gasteiger charge is -2.62. The topological polar surface area (TPSA) is 75.6 Å². The molecule has 2 N–H and O–H groups in total. The van der Waals surface area contributed by atoms with Crippen LogP contribution in [0.5, 0.6) is 5.75 Å². The zero-order chi connectivity index (χ0) is 22.9. The first-order chi connectivity index (χ1) is 15.3. The van der Waals surface area contributed by atoms with Gasteiger partial charge in [0.05, 0.1) is 12.7 Å². The van der Waals surface area contributed by atoms with Crippen LogP contribution in [0.1, 0.15) is 62.7 Å². The highest BCUT2D eigenvalue weighted by atomic mass is 32.1. The van der Waals surface area contributed by atoms with Crippen LogP contribution in [0.3, 0.4) is 0 Å². The third-order valence-electron chi connectivity index (χ3n) is 7.76. The van der Waals surface area contributed by atoms with Gasteiger partial charge in [-0.1, -0.05) is 26.0 Å². The molecule has 2 aromatic rings. The number of hydrogen-bond donors (Lipinski definition) is 2. The van der Waals surface area contributed by atoms with Gasteiger partial charge < -0.3 is 15.2 Å². The van der Waals surface area contributed by atoms with Crippen LogP contribution in [0.4, 0.5) is 0 Å². The predicted molar refractivity (Wildman–Crippen MR) is 128 cm³/mol. The van der Waals surface area contributed by atoms with Gasteiger partial charge in [-0.15, -0.1) is 11.3 Å². The maximum Gasteiger partial charge on any atom is 0.303 e. The minimum Gasteiger partial charge on any atom is -0.497 e. The highest BCUT2D eigenvalue weighted by Gasteiger charge is 2.57. The molecule has 6 heteroatoms. The van der Waals surface area contributed by atoms with E-state index in [1.807, 2.05) is 23.6 Å². The van der Waals surface area contributed by atoms with Crippen molar-refractivity contribution >= 4 is 33.3 Å². The van der Waals surface area contributed by atoms with Crippen LogP contribution in [-0.2, 0) is 4.79 Å². The highest BCUT2D eigenvalue weighted by Crippen LogP contribution is 2.61. The molecule has 5 rings (SSSR count). The van der Waals surface area contributed by atoms with Gasteiger partial charge in [-0.05, 0) is 73.5 Å². The normalized spacial score (nSPS) is 26.1. The molecule has 2 bridgehead atoms. The van der Waals surface area contributed by atoms with E-state index in [4.69, 9.17) is 9.84 Å². The van der Waals surface area contributed by atoms with Crippen molar-refractivity contribution in [3.05, 3.63) is 41.3 Å². The summed E-state index contributed by atoms with van der Waals surface area (Å²) in [7, 11) is 1.64. The maximum atomic E-state index is 13.4. The van der Waals surface area contributed by atoms with E-state index in [0.717, 1.165) is 46.6 Å². The second kappa shape index (κ2) is 9.26. The number of fused-ring (bicyclic) bond motifs is 3. The molecule has 3 aliphatic rings. The van der Waals surface area contributed by atoms with Gasteiger partial charge >= 0.3 is 5.97 Å². The van der Waals surface area contributed by atoms with Gasteiger partial charge in [-0.2, -0.15) is 0 Å². The predicted octanol–water partition coefficient (Wildman–Crippen LogP) is 5.89. The summed E-state index contributed by atoms with van der Waals surface area (Å²) in [6, 6.07) is 6.04. The van der Waals surface area contributed by atoms with Crippen molar-refractivity contribution in [2.45, 2.75) is 58.4 Å². The number of aliphatic carboxylic acids is 1. The molecule has 32 heavy (non-hydrogen) atoms. The summed E-state index contributed by atoms with van der Waals surface area (Å²) in [4.78, 5) is 24.0. The molecule has 3 aliphatic carbocycles. The van der Waals surface area contributed by atoms with E-state index >= 15 is 0 Å². The van der Waals surface area contributed by atoms with E-state index in [9.17, 15) is 9.59 Å². The van der Waals surface area contributed by atoms with Crippen molar-refractivity contribution in [3.8, 4) is 5.75 Å². The molecule has 4 atom stereocenters. The lowest BCUT2D eigenvalue weighted by atomic mass is 9.44. The number of ether oxygens (including phenoxy) is 1. The van der Waals surface area contributed by atoms with Crippen molar-refractivity contribution in [2.24, 2.45) is 23.2 Å². The van der Waals surface area contributed by atoms with Crippen LogP contribution < -0.4 is 10.1 Å². The fraction of sp³-hybridized carbons (Fsp3) is 0.538. The molecule has 0 spiro atoms. The lowest BCUT2D eigenvalue weighted by molar-refractivity contribution is -0.137. The Hall–Kier alpha value is -2.34. The van der Waals surface area contributed by atoms with E-state index in [-0.39, 0.29) is 23.8 Å². The molecular formula is C26H33NO4S. The number of nitrogens with one attached hydrogen (secondary N) is 1. The Morgan fingerprint density at radius 1 is 1.28 bits per heavy atom. The van der Waals surface area contributed by atoms with Gasteiger partial charge in [-0.3, -0.25) is 9.59 Å². The first kappa shape index (κ1) is 22.8. The second-order valence-electron chi connectivity index (χ2n) is 9.86. The van der Waals surface area contributed by atoms with Crippen LogP contribution >= 0.6 is 11.3 Å². The Morgan fingerprint density at radius 3 is 2.81 bits per heavy atom. The standard InChI is InChI=1S/C26H33NO4S/c1-26(2)17-12-16(8-6-4-5-7-9-23(28)29)24(21(26)13-17)27-25(30)20-15-32-22-11-10-18(31-3)14-19(20)22/h4,6,10-11,14-17,21,24H,5,7-9,12-13H2,1-3H3,(H,27,30)(H,28,29)/t16-,17+,21+,24+/m1/s1. The van der Waals surface area contributed by atoms with Crippen molar-refractivity contribution in [1.29, 1.82) is 0 Å². The minimum absolute atomic E-state index is 0.00564. The quantitative estimate of drug-likeness (QED) is 0.365. The molecule has 1 aromatic heterocycles. The number of carbonyl (C=O) groups is 2. The van der Waals surface area contributed by atoms with Crippen molar-refractivity contribution in [2.75, 3.05) is 7.11 Å². The Balaban J connectivity index is 1.47. The fourth-order valence-electron chi connectivity index (χ4n) is 5.67. The summed E-state index contributed by atoms with van der Waals surface area (Å²) >= 11 is 1.59. The van der Waals surface area contributed by atoms with E-state index in [1.54, 1.807) is 18.4 Å². The molecule has 172 valence electrons. The van der Waals surface area contributed by atoms with Gasteiger partial charge in [-0.25, -0.2) is 0 Å². The van der Waals surface area contributed by atoms with E-state index in [1.165, 1.54) is 6.42 Å². The fourth-order valence-corrected chi connectivity index (χ4v) is 6.59. The van der Waals surface area contributed by atoms with Crippen LogP contribution in [-0.4, -0.2) is 30.1 Å². The number of carboxylic acids is 1. The second-order valence-corrected chi connectivity index (χ2v) is 10.8. The number of rotatable bonds is 9. The number of benzene rings is 1. The summed E-state index contributed by atoms with van der Waals surface area (Å²) in [5.41, 5.74) is 0.991. The number of amides is 1. The van der Waals surface area contributed by atoms with Crippen molar-refractivity contribution in [3.63, 3.8) is 0 Å². The molecule has 1 amide bonds. The van der Waals surface area contributed by atoms with E-state index in [0.29, 0.717) is 18.3 Å². The van der Waals surface area contributed by atoms with Crippen LogP contribution in [0.2, 0.25) is 0 Å². The number of allylic oxidation sites excluding steroid dienone is 2. The molecule has 0 unspecified atom stereocenters. The van der Waals surface area contributed by atoms with Crippen LogP contribution in [0, 0.1) is 23.2 Å². The number of carbonyl (C=O) groups excluding carboxylic acids is 1. The largest absolute Gasteiger partial charge is 0.497 e. The zero-order valence-corrected chi connectivity index (χ0v) is 19.9. The highest BCUT2D eigenvalue weighted by molar-refractivity contribution is 7.17. The van der Waals surface area contributed by atoms with Gasteiger partial charge in [0.15, 0.2) is 0 Å². The number of thiophene rings is 1. The van der Waals surface area contributed by atoms with Crippen molar-refractivity contribution < 1.29 is 19.4 Å². The summed E-state index contributed by atoms with van der Waals surface area (Å²) in [6.45, 7) is 4.68. The van der Waals surface area contributed by atoms with Gasteiger partial charge in [0.2, 0.25) is 0 Å². The SMILES string of the molecule is COc1ccc2scc(C(=O)N[C@H]3[C@H](CC=CCCCC(=O)O)C[C@H]4C[C@@H]3C4(C)C)c2c1. The molecule has 0 saturated heterocycles. The molecule has 3 saturated carbocycles. The van der Waals surface area contributed by atoms with Crippen LogP contribution in [0.25, 0.3) is 10.1 Å². The van der Waals surface area contributed by atoms with E-state index < -0.39 is 5.97 Å². The molecule has 1 heterocycles. The van der Waals surface area contributed by atoms with Crippen LogP contribution in [0.15, 0.2) is 35.7 Å². The Morgan fingerprint density at radius 2 is 2.09 bits per heavy atom. The summed E-state index contributed by atoms with van der Waals surface area (Å²) in [5, 5.41) is 15.1. The average molecular weight is 456 g/mol. The number of carboxylic acid groups (broad SMARTS) is 1. The molecule has 5 nitrogen and oxygen atoms in total. The Labute approximate surface area is 193 Å². The first-order valence-corrected chi connectivity index (χ1v) is 12.4. The monoisotopic (exact) mass is 455 g/mol. The summed E-state index contributed by atoms with van der Waals surface area (Å²) in [5.74, 6) is 1.66. The smallest absolute Gasteiger partial charge is 0.303 e. The summed E-state index contributed by atoms with van der Waals surface area (Å²) in [6.07, 6.45) is 9.21. The zero-order valence-electron chi connectivity index (χ0n) is 19.1. The summed E-state index contributed by atoms with van der Waals surface area (Å²) < 4.78 is 6.45. The Kier molecular flexibility index (Phi) is 6.61. The molecule has 0 radical (unpaired) electrons. The number of methoxy groups -OCH3 is 1.